The summed E-state index contributed by atoms with van der Waals surface area (Å²) >= 11 is 0. The standard InChI is InChI=1S/C37H37FN2O7S/c1-45-31-11-13-32(14-12-31)48(43,44)40(16-18-41)17-19-46-36-23-28(22-35(47-36)37(42)39-24-25-6-9-30(38)10-7-25)26-8-15-34-29(20-26)21-27-4-2-3-5-33(27)34/h2-15,20,22,28,36,41H,16-19,21,23-24H2,1H3,(H,39,42)/t28-,36+/m0/s1. The highest BCUT2D eigenvalue weighted by Gasteiger charge is 2.31. The van der Waals surface area contributed by atoms with Gasteiger partial charge in [-0.15, -0.1) is 0 Å². The third-order valence-electron chi connectivity index (χ3n) is 8.58. The van der Waals surface area contributed by atoms with Crippen LogP contribution < -0.4 is 10.1 Å². The molecule has 9 nitrogen and oxygen atoms in total. The van der Waals surface area contributed by atoms with Crippen LogP contribution in [0.3, 0.4) is 0 Å². The van der Waals surface area contributed by atoms with Crippen LogP contribution in [0.5, 0.6) is 5.75 Å². The Hall–Kier alpha value is -4.55. The van der Waals surface area contributed by atoms with E-state index >= 15 is 0 Å². The number of ether oxygens (including phenoxy) is 3. The first-order chi connectivity index (χ1) is 23.2. The topological polar surface area (TPSA) is 114 Å². The van der Waals surface area contributed by atoms with E-state index < -0.39 is 22.2 Å². The molecule has 1 aliphatic heterocycles. The first-order valence-corrected chi connectivity index (χ1v) is 17.2. The molecule has 2 atom stereocenters. The Morgan fingerprint density at radius 1 is 0.979 bits per heavy atom. The van der Waals surface area contributed by atoms with Crippen LogP contribution in [0, 0.1) is 5.82 Å². The van der Waals surface area contributed by atoms with E-state index in [-0.39, 0.29) is 55.2 Å². The molecular weight excluding hydrogens is 635 g/mol. The first-order valence-electron chi connectivity index (χ1n) is 15.7. The van der Waals surface area contributed by atoms with Gasteiger partial charge >= 0.3 is 0 Å². The second-order valence-corrected chi connectivity index (χ2v) is 13.6. The average Bonchev–Trinajstić information content (AvgIpc) is 3.48. The number of rotatable bonds is 13. The molecule has 4 aromatic rings. The maximum absolute atomic E-state index is 13.4. The second kappa shape index (κ2) is 14.7. The molecule has 2 N–H and O–H groups in total. The molecule has 1 amide bonds. The normalized spacial score (nSPS) is 16.9. The van der Waals surface area contributed by atoms with Crippen LogP contribution in [-0.4, -0.2) is 63.4 Å². The number of sulfonamides is 1. The van der Waals surface area contributed by atoms with Crippen molar-refractivity contribution in [2.75, 3.05) is 33.4 Å². The number of hydrogen-bond donors (Lipinski definition) is 2. The lowest BCUT2D eigenvalue weighted by Crippen LogP contribution is -2.38. The van der Waals surface area contributed by atoms with Crippen LogP contribution in [0.25, 0.3) is 11.1 Å². The van der Waals surface area contributed by atoms with Gasteiger partial charge in [0.25, 0.3) is 5.91 Å². The molecule has 0 fully saturated rings. The van der Waals surface area contributed by atoms with Gasteiger partial charge in [0.15, 0.2) is 5.76 Å². The Morgan fingerprint density at radius 3 is 2.48 bits per heavy atom. The largest absolute Gasteiger partial charge is 0.497 e. The number of aliphatic hydroxyl groups is 1. The number of allylic oxidation sites excluding steroid dienone is 1. The monoisotopic (exact) mass is 672 g/mol. The number of amides is 1. The van der Waals surface area contributed by atoms with Crippen LogP contribution in [0.4, 0.5) is 4.39 Å². The fourth-order valence-electron chi connectivity index (χ4n) is 6.06. The van der Waals surface area contributed by atoms with Gasteiger partial charge < -0.3 is 24.6 Å². The fraction of sp³-hybridized carbons (Fsp3) is 0.270. The number of nitrogens with one attached hydrogen (secondary N) is 1. The SMILES string of the molecule is COc1ccc(S(=O)(=O)N(CCO)CCO[C@H]2C[C@@H](c3ccc4c(c3)Cc3ccccc3-4)C=C(C(=O)NCc3ccc(F)cc3)O2)cc1. The van der Waals surface area contributed by atoms with Crippen LogP contribution in [0.1, 0.15) is 34.6 Å². The van der Waals surface area contributed by atoms with E-state index in [9.17, 15) is 22.7 Å². The van der Waals surface area contributed by atoms with Crippen LogP contribution in [0.2, 0.25) is 0 Å². The van der Waals surface area contributed by atoms with Gasteiger partial charge in [-0.25, -0.2) is 12.8 Å². The number of aliphatic hydroxyl groups excluding tert-OH is 1. The van der Waals surface area contributed by atoms with Gasteiger partial charge in [-0.05, 0) is 82.3 Å². The van der Waals surface area contributed by atoms with Gasteiger partial charge in [0.2, 0.25) is 16.3 Å². The van der Waals surface area contributed by atoms with Gasteiger partial charge in [0, 0.05) is 32.0 Å². The molecule has 4 aromatic carbocycles. The molecule has 2 aliphatic rings. The van der Waals surface area contributed by atoms with E-state index in [0.717, 1.165) is 21.9 Å². The second-order valence-electron chi connectivity index (χ2n) is 11.7. The van der Waals surface area contributed by atoms with Gasteiger partial charge in [-0.2, -0.15) is 4.31 Å². The maximum atomic E-state index is 13.4. The van der Waals surface area contributed by atoms with Crippen LogP contribution in [-0.2, 0) is 37.3 Å². The summed E-state index contributed by atoms with van der Waals surface area (Å²) in [4.78, 5) is 13.4. The Bertz CT molecular complexity index is 1900. The van der Waals surface area contributed by atoms with E-state index in [1.807, 2.05) is 12.1 Å². The van der Waals surface area contributed by atoms with Crippen LogP contribution in [0.15, 0.2) is 108 Å². The highest BCUT2D eigenvalue weighted by atomic mass is 32.2. The Morgan fingerprint density at radius 2 is 1.73 bits per heavy atom. The average molecular weight is 673 g/mol. The molecule has 0 radical (unpaired) electrons. The van der Waals surface area contributed by atoms with Crippen molar-refractivity contribution >= 4 is 15.9 Å². The molecule has 0 bridgehead atoms. The van der Waals surface area contributed by atoms with Gasteiger partial charge in [-0.3, -0.25) is 4.79 Å². The minimum Gasteiger partial charge on any atom is -0.497 e. The molecular formula is C37H37FN2O7S. The Kier molecular flexibility index (Phi) is 10.2. The lowest BCUT2D eigenvalue weighted by Gasteiger charge is -2.30. The minimum atomic E-state index is -3.94. The zero-order valence-corrected chi connectivity index (χ0v) is 27.3. The number of fused-ring (bicyclic) bond motifs is 3. The summed E-state index contributed by atoms with van der Waals surface area (Å²) < 4.78 is 58.5. The van der Waals surface area contributed by atoms with E-state index in [4.69, 9.17) is 14.2 Å². The number of methoxy groups -OCH3 is 1. The number of halogens is 1. The molecule has 0 unspecified atom stereocenters. The molecule has 48 heavy (non-hydrogen) atoms. The third kappa shape index (κ3) is 7.44. The molecule has 0 saturated carbocycles. The number of benzene rings is 4. The Labute approximate surface area is 279 Å². The highest BCUT2D eigenvalue weighted by molar-refractivity contribution is 7.89. The molecule has 6 rings (SSSR count). The quantitative estimate of drug-likeness (QED) is 0.178. The number of carbonyl (C=O) groups is 1. The number of carbonyl (C=O) groups excluding carboxylic acids is 1. The summed E-state index contributed by atoms with van der Waals surface area (Å²) in [5.74, 6) is -0.428. The van der Waals surface area contributed by atoms with Crippen molar-refractivity contribution < 1.29 is 36.9 Å². The zero-order chi connectivity index (χ0) is 33.7. The van der Waals surface area contributed by atoms with Crippen molar-refractivity contribution in [3.63, 3.8) is 0 Å². The van der Waals surface area contributed by atoms with Gasteiger partial charge in [0.05, 0.1) is 25.2 Å². The van der Waals surface area contributed by atoms with Crippen molar-refractivity contribution in [2.45, 2.75) is 36.5 Å². The molecule has 0 spiro atoms. The van der Waals surface area contributed by atoms with Crippen LogP contribution >= 0.6 is 0 Å². The van der Waals surface area contributed by atoms with Gasteiger partial charge in [-0.1, -0.05) is 54.6 Å². The molecule has 1 aliphatic carbocycles. The smallest absolute Gasteiger partial charge is 0.286 e. The summed E-state index contributed by atoms with van der Waals surface area (Å²) in [5, 5.41) is 12.5. The van der Waals surface area contributed by atoms with Crippen molar-refractivity contribution in [3.8, 4) is 16.9 Å². The van der Waals surface area contributed by atoms with E-state index in [2.05, 4.69) is 35.6 Å². The summed E-state index contributed by atoms with van der Waals surface area (Å²) in [6, 6.07) is 26.5. The number of hydrogen-bond acceptors (Lipinski definition) is 7. The minimum absolute atomic E-state index is 0.0449. The van der Waals surface area contributed by atoms with Crippen molar-refractivity contribution in [2.24, 2.45) is 0 Å². The van der Waals surface area contributed by atoms with Crippen molar-refractivity contribution in [1.29, 1.82) is 0 Å². The highest BCUT2D eigenvalue weighted by Crippen LogP contribution is 2.40. The van der Waals surface area contributed by atoms with Crippen molar-refractivity contribution in [3.05, 3.63) is 131 Å². The van der Waals surface area contributed by atoms with E-state index in [1.165, 1.54) is 53.6 Å². The van der Waals surface area contributed by atoms with E-state index in [1.54, 1.807) is 30.3 Å². The molecule has 250 valence electrons. The molecule has 11 heteroatoms. The predicted octanol–water partition coefficient (Wildman–Crippen LogP) is 5.14. The first kappa shape index (κ1) is 33.4. The molecule has 1 heterocycles. The predicted molar refractivity (Wildman–Crippen MR) is 178 cm³/mol. The van der Waals surface area contributed by atoms with Gasteiger partial charge in [0.1, 0.15) is 11.6 Å². The summed E-state index contributed by atoms with van der Waals surface area (Å²) in [7, 11) is -2.44. The number of nitrogens with zero attached hydrogens (tertiary/aromatic N) is 1. The fourth-order valence-corrected chi connectivity index (χ4v) is 7.48. The molecule has 0 aromatic heterocycles. The summed E-state index contributed by atoms with van der Waals surface area (Å²) in [6.07, 6.45) is 2.15. The lowest BCUT2D eigenvalue weighted by atomic mass is 9.90. The van der Waals surface area contributed by atoms with E-state index in [0.29, 0.717) is 12.2 Å². The third-order valence-corrected chi connectivity index (χ3v) is 10.5. The zero-order valence-electron chi connectivity index (χ0n) is 26.5. The lowest BCUT2D eigenvalue weighted by molar-refractivity contribution is -0.146. The van der Waals surface area contributed by atoms with Crippen molar-refractivity contribution in [1.82, 2.24) is 9.62 Å². The maximum Gasteiger partial charge on any atom is 0.286 e. The summed E-state index contributed by atoms with van der Waals surface area (Å²) in [6.45, 7) is -0.420. The Balaban J connectivity index is 1.18. The summed E-state index contributed by atoms with van der Waals surface area (Å²) in [5.41, 5.74) is 6.62. The molecule has 0 saturated heterocycles.